The summed E-state index contributed by atoms with van der Waals surface area (Å²) in [7, 11) is 0. The molecule has 0 fully saturated rings. The van der Waals surface area contributed by atoms with E-state index in [0.29, 0.717) is 21.6 Å². The van der Waals surface area contributed by atoms with Gasteiger partial charge in [-0.25, -0.2) is 9.97 Å². The molecule has 0 spiro atoms. The van der Waals surface area contributed by atoms with Crippen LogP contribution >= 0.6 is 15.9 Å². The molecule has 3 rings (SSSR count). The predicted octanol–water partition coefficient (Wildman–Crippen LogP) is 3.75. The fourth-order valence-electron chi connectivity index (χ4n) is 1.82. The molecule has 0 aliphatic rings. The molecule has 0 radical (unpaired) electrons. The number of aromatic nitrogens is 2. The zero-order valence-corrected chi connectivity index (χ0v) is 12.4. The van der Waals surface area contributed by atoms with Gasteiger partial charge in [0.1, 0.15) is 5.69 Å². The summed E-state index contributed by atoms with van der Waals surface area (Å²) in [6.07, 6.45) is 4.59. The van der Waals surface area contributed by atoms with Crippen molar-refractivity contribution in [1.82, 2.24) is 9.97 Å². The molecule has 1 N–H and O–H groups in total. The van der Waals surface area contributed by atoms with Crippen LogP contribution in [0.4, 0.5) is 5.69 Å². The van der Waals surface area contributed by atoms with Crippen molar-refractivity contribution in [3.63, 3.8) is 0 Å². The average molecular weight is 344 g/mol. The summed E-state index contributed by atoms with van der Waals surface area (Å²) >= 11 is 3.31. The molecule has 0 saturated heterocycles. The number of anilines is 1. The van der Waals surface area contributed by atoms with Gasteiger partial charge in [0.25, 0.3) is 5.91 Å². The maximum atomic E-state index is 12.1. The number of carbonyl (C=O) groups excluding carboxylic acids is 1. The molecule has 2 aromatic heterocycles. The van der Waals surface area contributed by atoms with E-state index >= 15 is 0 Å². The van der Waals surface area contributed by atoms with Crippen molar-refractivity contribution in [2.24, 2.45) is 0 Å². The lowest BCUT2D eigenvalue weighted by molar-refractivity contribution is 0.102. The van der Waals surface area contributed by atoms with Crippen LogP contribution in [0.5, 0.6) is 0 Å². The summed E-state index contributed by atoms with van der Waals surface area (Å²) in [4.78, 5) is 20.0. The van der Waals surface area contributed by atoms with E-state index in [1.165, 1.54) is 6.39 Å². The van der Waals surface area contributed by atoms with Gasteiger partial charge in [-0.15, -0.1) is 0 Å². The Morgan fingerprint density at radius 3 is 2.67 bits per heavy atom. The topological polar surface area (TPSA) is 68.0 Å². The minimum atomic E-state index is -0.269. The van der Waals surface area contributed by atoms with Gasteiger partial charge in [0.15, 0.2) is 12.2 Å². The molecule has 0 bridgehead atoms. The Balaban J connectivity index is 1.77. The number of hydrogen-bond donors (Lipinski definition) is 1. The van der Waals surface area contributed by atoms with E-state index in [-0.39, 0.29) is 5.91 Å². The minimum Gasteiger partial charge on any atom is -0.444 e. The maximum absolute atomic E-state index is 12.1. The highest BCUT2D eigenvalue weighted by Gasteiger charge is 2.11. The van der Waals surface area contributed by atoms with Crippen LogP contribution in [-0.2, 0) is 0 Å². The highest BCUT2D eigenvalue weighted by Crippen LogP contribution is 2.21. The highest BCUT2D eigenvalue weighted by molar-refractivity contribution is 9.10. The number of benzene rings is 1. The number of oxazole rings is 1. The summed E-state index contributed by atoms with van der Waals surface area (Å²) in [5, 5.41) is 2.79. The van der Waals surface area contributed by atoms with Gasteiger partial charge < -0.3 is 9.73 Å². The minimum absolute atomic E-state index is 0.269. The molecular weight excluding hydrogens is 334 g/mol. The Labute approximate surface area is 129 Å². The Hall–Kier alpha value is -2.47. The first-order valence-corrected chi connectivity index (χ1v) is 6.94. The van der Waals surface area contributed by atoms with E-state index in [4.69, 9.17) is 4.42 Å². The van der Waals surface area contributed by atoms with E-state index in [9.17, 15) is 4.79 Å². The number of nitrogens with one attached hydrogen (secondary N) is 1. The van der Waals surface area contributed by atoms with Crippen LogP contribution < -0.4 is 5.32 Å². The van der Waals surface area contributed by atoms with Crippen LogP contribution in [0.1, 0.15) is 10.5 Å². The van der Waals surface area contributed by atoms with Gasteiger partial charge in [0.05, 0.1) is 6.20 Å². The molecule has 0 aliphatic heterocycles. The van der Waals surface area contributed by atoms with E-state index in [0.717, 1.165) is 5.56 Å². The summed E-state index contributed by atoms with van der Waals surface area (Å²) in [5.41, 5.74) is 1.92. The van der Waals surface area contributed by atoms with Crippen LogP contribution in [0.2, 0.25) is 0 Å². The molecule has 6 heteroatoms. The van der Waals surface area contributed by atoms with Crippen LogP contribution in [0.15, 0.2) is 64.1 Å². The number of carbonyl (C=O) groups is 1. The van der Waals surface area contributed by atoms with Crippen molar-refractivity contribution in [1.29, 1.82) is 0 Å². The summed E-state index contributed by atoms with van der Waals surface area (Å²) < 4.78 is 5.86. The molecule has 21 heavy (non-hydrogen) atoms. The molecular formula is C15H10BrN3O2. The Morgan fingerprint density at radius 1 is 1.19 bits per heavy atom. The predicted molar refractivity (Wildman–Crippen MR) is 81.8 cm³/mol. The zero-order chi connectivity index (χ0) is 14.7. The number of hydrogen-bond acceptors (Lipinski definition) is 4. The van der Waals surface area contributed by atoms with Crippen LogP contribution in [-0.4, -0.2) is 15.9 Å². The van der Waals surface area contributed by atoms with E-state index in [1.54, 1.807) is 36.7 Å². The first kappa shape index (κ1) is 13.5. The lowest BCUT2D eigenvalue weighted by Crippen LogP contribution is -2.14. The van der Waals surface area contributed by atoms with E-state index < -0.39 is 0 Å². The molecule has 3 aromatic rings. The molecule has 0 atom stereocenters. The van der Waals surface area contributed by atoms with Crippen molar-refractivity contribution in [2.45, 2.75) is 0 Å². The summed E-state index contributed by atoms with van der Waals surface area (Å²) in [5.74, 6) is 0.412. The summed E-state index contributed by atoms with van der Waals surface area (Å²) in [6.45, 7) is 0. The first-order chi connectivity index (χ1) is 10.2. The smallest absolute Gasteiger partial charge is 0.275 e. The molecule has 0 aliphatic carbocycles. The second kappa shape index (κ2) is 5.88. The van der Waals surface area contributed by atoms with Crippen molar-refractivity contribution in [3.05, 3.63) is 65.4 Å². The molecule has 1 aromatic carbocycles. The number of pyridine rings is 1. The van der Waals surface area contributed by atoms with Crippen molar-refractivity contribution in [3.8, 4) is 11.3 Å². The van der Waals surface area contributed by atoms with Crippen molar-refractivity contribution in [2.75, 3.05) is 5.32 Å². The molecule has 5 nitrogen and oxygen atoms in total. The van der Waals surface area contributed by atoms with E-state index in [1.807, 2.05) is 12.1 Å². The molecule has 104 valence electrons. The lowest BCUT2D eigenvalue weighted by atomic mass is 10.1. The fourth-order valence-corrected chi connectivity index (χ4v) is 2.25. The van der Waals surface area contributed by atoms with Gasteiger partial charge in [-0.1, -0.05) is 0 Å². The van der Waals surface area contributed by atoms with Gasteiger partial charge in [-0.05, 0) is 52.3 Å². The Bertz CT molecular complexity index is 755. The third-order valence-electron chi connectivity index (χ3n) is 2.83. The molecule has 0 unspecified atom stereocenters. The Morgan fingerprint density at radius 2 is 2.00 bits per heavy atom. The number of rotatable bonds is 3. The van der Waals surface area contributed by atoms with Crippen molar-refractivity contribution < 1.29 is 9.21 Å². The fraction of sp³-hybridized carbons (Fsp3) is 0. The number of halogens is 1. The van der Waals surface area contributed by atoms with Gasteiger partial charge in [0.2, 0.25) is 0 Å². The standard InChI is InChI=1S/C15H10BrN3O2/c16-12-2-1-7-18-14(12)15(20)19-11-5-3-10(4-6-11)13-8-17-9-21-13/h1-9H,(H,19,20). The maximum Gasteiger partial charge on any atom is 0.275 e. The first-order valence-electron chi connectivity index (χ1n) is 6.15. The number of amides is 1. The number of nitrogens with zero attached hydrogens (tertiary/aromatic N) is 2. The molecule has 1 amide bonds. The van der Waals surface area contributed by atoms with Crippen molar-refractivity contribution >= 4 is 27.5 Å². The van der Waals surface area contributed by atoms with E-state index in [2.05, 4.69) is 31.2 Å². The third-order valence-corrected chi connectivity index (χ3v) is 3.47. The summed E-state index contributed by atoms with van der Waals surface area (Å²) in [6, 6.07) is 10.8. The largest absolute Gasteiger partial charge is 0.444 e. The molecule has 2 heterocycles. The highest BCUT2D eigenvalue weighted by atomic mass is 79.9. The second-order valence-electron chi connectivity index (χ2n) is 4.23. The second-order valence-corrected chi connectivity index (χ2v) is 5.09. The van der Waals surface area contributed by atoms with Gasteiger partial charge >= 0.3 is 0 Å². The van der Waals surface area contributed by atoms with Crippen LogP contribution in [0, 0.1) is 0 Å². The SMILES string of the molecule is O=C(Nc1ccc(-c2cnco2)cc1)c1ncccc1Br. The lowest BCUT2D eigenvalue weighted by Gasteiger charge is -2.06. The molecule has 0 saturated carbocycles. The quantitative estimate of drug-likeness (QED) is 0.786. The average Bonchev–Trinajstić information content (AvgIpc) is 3.02. The van der Waals surface area contributed by atoms with Gasteiger partial charge in [-0.3, -0.25) is 4.79 Å². The van der Waals surface area contributed by atoms with Crippen LogP contribution in [0.25, 0.3) is 11.3 Å². The van der Waals surface area contributed by atoms with Gasteiger partial charge in [-0.2, -0.15) is 0 Å². The third kappa shape index (κ3) is 3.00. The monoisotopic (exact) mass is 343 g/mol. The van der Waals surface area contributed by atoms with Crippen LogP contribution in [0.3, 0.4) is 0 Å². The Kier molecular flexibility index (Phi) is 3.79. The van der Waals surface area contributed by atoms with Gasteiger partial charge in [0, 0.05) is 21.9 Å². The zero-order valence-electron chi connectivity index (χ0n) is 10.8. The normalized spacial score (nSPS) is 10.3.